The van der Waals surface area contributed by atoms with Crippen molar-refractivity contribution in [2.75, 3.05) is 5.32 Å². The van der Waals surface area contributed by atoms with Crippen LogP contribution in [0.15, 0.2) is 83.9 Å². The van der Waals surface area contributed by atoms with E-state index in [-0.39, 0.29) is 12.1 Å². The fourth-order valence-corrected chi connectivity index (χ4v) is 4.66. The molecule has 0 saturated carbocycles. The number of aromatic nitrogens is 5. The molecule has 192 valence electrons. The maximum Gasteiger partial charge on any atom is 0.320 e. The number of pyridine rings is 3. The van der Waals surface area contributed by atoms with Crippen LogP contribution in [0.25, 0.3) is 44.3 Å². The first-order chi connectivity index (χ1) is 18.9. The maximum absolute atomic E-state index is 12.9. The van der Waals surface area contributed by atoms with Crippen molar-refractivity contribution in [2.24, 2.45) is 0 Å². The first kappa shape index (κ1) is 24.3. The maximum atomic E-state index is 12.9. The van der Waals surface area contributed by atoms with E-state index in [2.05, 4.69) is 30.8 Å². The van der Waals surface area contributed by atoms with Gasteiger partial charge in [0.25, 0.3) is 5.56 Å². The quantitative estimate of drug-likeness (QED) is 0.221. The standard InChI is InChI=1S/C29H22ClN7O2/c1-16-7-8-24(31-13-16)34-29(39)32-14-21-10-19-11-22(18-9-20-15-33-37-26(20)23(30)12-18)25(17-5-3-2-4-6-17)35-27(19)36-28(21)38/h2-13,15H,14H2,1H3,(H,33,37)(H,35,36,38)(H2,31,32,34,39). The largest absolute Gasteiger partial charge is 0.334 e. The molecule has 0 bridgehead atoms. The monoisotopic (exact) mass is 535 g/mol. The molecule has 0 aliphatic rings. The molecule has 0 aliphatic heterocycles. The lowest BCUT2D eigenvalue weighted by molar-refractivity contribution is 0.251. The number of aromatic amines is 2. The van der Waals surface area contributed by atoms with Crippen molar-refractivity contribution in [2.45, 2.75) is 13.5 Å². The minimum absolute atomic E-state index is 0.0194. The number of nitrogens with one attached hydrogen (secondary N) is 4. The van der Waals surface area contributed by atoms with E-state index in [9.17, 15) is 9.59 Å². The lowest BCUT2D eigenvalue weighted by atomic mass is 9.97. The van der Waals surface area contributed by atoms with Crippen molar-refractivity contribution in [1.29, 1.82) is 0 Å². The fraction of sp³-hybridized carbons (Fsp3) is 0.0690. The number of halogens is 1. The molecule has 0 unspecified atom stereocenters. The number of benzene rings is 2. The highest BCUT2D eigenvalue weighted by Crippen LogP contribution is 2.36. The Morgan fingerprint density at radius 3 is 2.62 bits per heavy atom. The van der Waals surface area contributed by atoms with Crippen LogP contribution in [-0.2, 0) is 6.54 Å². The highest BCUT2D eigenvalue weighted by Gasteiger charge is 2.16. The van der Waals surface area contributed by atoms with Crippen molar-refractivity contribution in [3.05, 3.63) is 106 Å². The third-order valence-corrected chi connectivity index (χ3v) is 6.65. The summed E-state index contributed by atoms with van der Waals surface area (Å²) in [6, 6.07) is 20.4. The fourth-order valence-electron chi connectivity index (χ4n) is 4.39. The number of amides is 2. The number of urea groups is 1. The van der Waals surface area contributed by atoms with Crippen molar-refractivity contribution < 1.29 is 4.79 Å². The Kier molecular flexibility index (Phi) is 6.26. The molecule has 0 aliphatic carbocycles. The summed E-state index contributed by atoms with van der Waals surface area (Å²) in [5.41, 5.74) is 5.53. The van der Waals surface area contributed by atoms with E-state index < -0.39 is 6.03 Å². The van der Waals surface area contributed by atoms with Gasteiger partial charge in [-0.2, -0.15) is 5.10 Å². The number of aryl methyl sites for hydroxylation is 1. The summed E-state index contributed by atoms with van der Waals surface area (Å²) in [6.45, 7) is 1.93. The minimum Gasteiger partial charge on any atom is -0.334 e. The zero-order chi connectivity index (χ0) is 26.9. The van der Waals surface area contributed by atoms with Crippen molar-refractivity contribution in [3.63, 3.8) is 0 Å². The molecule has 4 heterocycles. The van der Waals surface area contributed by atoms with Gasteiger partial charge in [-0.3, -0.25) is 15.2 Å². The second-order valence-corrected chi connectivity index (χ2v) is 9.54. The Bertz CT molecular complexity index is 1900. The van der Waals surface area contributed by atoms with Crippen LogP contribution < -0.4 is 16.2 Å². The second-order valence-electron chi connectivity index (χ2n) is 9.13. The van der Waals surface area contributed by atoms with E-state index in [1.165, 1.54) is 0 Å². The van der Waals surface area contributed by atoms with Crippen molar-refractivity contribution >= 4 is 45.4 Å². The third-order valence-electron chi connectivity index (χ3n) is 6.36. The van der Waals surface area contributed by atoms with Gasteiger partial charge in [-0.1, -0.05) is 48.0 Å². The molecule has 2 aromatic carbocycles. The summed E-state index contributed by atoms with van der Waals surface area (Å²) in [7, 11) is 0. The Morgan fingerprint density at radius 2 is 1.82 bits per heavy atom. The molecule has 6 rings (SSSR count). The molecule has 0 atom stereocenters. The number of anilines is 1. The van der Waals surface area contributed by atoms with Gasteiger partial charge in [-0.05, 0) is 48.4 Å². The summed E-state index contributed by atoms with van der Waals surface area (Å²) in [5, 5.41) is 14.5. The number of hydrogen-bond acceptors (Lipinski definition) is 5. The summed E-state index contributed by atoms with van der Waals surface area (Å²) >= 11 is 6.56. The Morgan fingerprint density at radius 1 is 0.974 bits per heavy atom. The van der Waals surface area contributed by atoms with Gasteiger partial charge in [-0.15, -0.1) is 0 Å². The SMILES string of the molecule is Cc1ccc(NC(=O)NCc2cc3cc(-c4cc(Cl)c5[nH]ncc5c4)c(-c4ccccc4)nc3[nH]c2=O)nc1. The van der Waals surface area contributed by atoms with E-state index >= 15 is 0 Å². The smallest absolute Gasteiger partial charge is 0.320 e. The average Bonchev–Trinajstić information content (AvgIpc) is 3.43. The van der Waals surface area contributed by atoms with E-state index in [4.69, 9.17) is 16.6 Å². The zero-order valence-corrected chi connectivity index (χ0v) is 21.5. The number of carbonyl (C=O) groups excluding carboxylic acids is 1. The second kappa shape index (κ2) is 10.0. The minimum atomic E-state index is -0.466. The highest BCUT2D eigenvalue weighted by atomic mass is 35.5. The first-order valence-electron chi connectivity index (χ1n) is 12.2. The average molecular weight is 536 g/mol. The molecule has 4 aromatic heterocycles. The predicted octanol–water partition coefficient (Wildman–Crippen LogP) is 5.81. The van der Waals surface area contributed by atoms with Crippen LogP contribution in [0, 0.1) is 6.92 Å². The summed E-state index contributed by atoms with van der Waals surface area (Å²) in [4.78, 5) is 37.2. The van der Waals surface area contributed by atoms with Gasteiger partial charge in [0.1, 0.15) is 11.5 Å². The van der Waals surface area contributed by atoms with Crippen LogP contribution in [0.1, 0.15) is 11.1 Å². The first-order valence-corrected chi connectivity index (χ1v) is 12.6. The van der Waals surface area contributed by atoms with Gasteiger partial charge in [0.2, 0.25) is 0 Å². The molecular weight excluding hydrogens is 514 g/mol. The van der Waals surface area contributed by atoms with Gasteiger partial charge in [0, 0.05) is 40.2 Å². The molecule has 0 fully saturated rings. The molecule has 2 amide bonds. The zero-order valence-electron chi connectivity index (χ0n) is 20.7. The highest BCUT2D eigenvalue weighted by molar-refractivity contribution is 6.35. The van der Waals surface area contributed by atoms with Gasteiger partial charge in [0.15, 0.2) is 0 Å². The molecule has 9 nitrogen and oxygen atoms in total. The molecule has 0 spiro atoms. The number of hydrogen-bond donors (Lipinski definition) is 4. The number of H-pyrrole nitrogens is 2. The summed E-state index contributed by atoms with van der Waals surface area (Å²) in [6.07, 6.45) is 3.38. The molecular formula is C29H22ClN7O2. The summed E-state index contributed by atoms with van der Waals surface area (Å²) < 4.78 is 0. The molecule has 39 heavy (non-hydrogen) atoms. The van der Waals surface area contributed by atoms with Gasteiger partial charge in [-0.25, -0.2) is 14.8 Å². The van der Waals surface area contributed by atoms with Crippen molar-refractivity contribution in [3.8, 4) is 22.4 Å². The molecule has 4 N–H and O–H groups in total. The van der Waals surface area contributed by atoms with Crippen LogP contribution >= 0.6 is 11.6 Å². The Balaban J connectivity index is 1.38. The molecule has 10 heteroatoms. The van der Waals surface area contributed by atoms with Crippen LogP contribution in [0.3, 0.4) is 0 Å². The lowest BCUT2D eigenvalue weighted by Crippen LogP contribution is -2.31. The topological polar surface area (TPSA) is 128 Å². The number of rotatable bonds is 5. The third kappa shape index (κ3) is 4.95. The summed E-state index contributed by atoms with van der Waals surface area (Å²) in [5.74, 6) is 0.418. The number of fused-ring (bicyclic) bond motifs is 2. The van der Waals surface area contributed by atoms with Gasteiger partial charge in [0.05, 0.1) is 22.4 Å². The van der Waals surface area contributed by atoms with Crippen LogP contribution in [0.2, 0.25) is 5.02 Å². The molecule has 0 saturated heterocycles. The van der Waals surface area contributed by atoms with Gasteiger partial charge < -0.3 is 10.3 Å². The van der Waals surface area contributed by atoms with E-state index in [0.29, 0.717) is 33.1 Å². The van der Waals surface area contributed by atoms with Crippen LogP contribution in [-0.4, -0.2) is 31.2 Å². The number of carbonyl (C=O) groups is 1. The van der Waals surface area contributed by atoms with Crippen LogP contribution in [0.4, 0.5) is 10.6 Å². The molecule has 6 aromatic rings. The van der Waals surface area contributed by atoms with E-state index in [1.807, 2.05) is 61.5 Å². The van der Waals surface area contributed by atoms with Gasteiger partial charge >= 0.3 is 6.03 Å². The number of nitrogens with zero attached hydrogens (tertiary/aromatic N) is 3. The normalized spacial score (nSPS) is 11.1. The van der Waals surface area contributed by atoms with Crippen molar-refractivity contribution in [1.82, 2.24) is 30.5 Å². The van der Waals surface area contributed by atoms with E-state index in [0.717, 1.165) is 33.2 Å². The Labute approximate surface area is 227 Å². The lowest BCUT2D eigenvalue weighted by Gasteiger charge is -2.13. The van der Waals surface area contributed by atoms with E-state index in [1.54, 1.807) is 24.5 Å². The predicted molar refractivity (Wildman–Crippen MR) is 153 cm³/mol. The Hall–Kier alpha value is -5.02. The van der Waals surface area contributed by atoms with Crippen LogP contribution in [0.5, 0.6) is 0 Å². The molecule has 0 radical (unpaired) electrons.